The number of hydrogen-bond acceptors (Lipinski definition) is 3. The predicted octanol–water partition coefficient (Wildman–Crippen LogP) is 1.90. The molecule has 0 bridgehead atoms. The maximum atomic E-state index is 9.67. The van der Waals surface area contributed by atoms with Gasteiger partial charge in [-0.25, -0.2) is 0 Å². The van der Waals surface area contributed by atoms with Crippen LogP contribution in [0.4, 0.5) is 0 Å². The molecule has 0 saturated heterocycles. The Hall–Kier alpha value is -1.52. The van der Waals surface area contributed by atoms with Gasteiger partial charge in [-0.05, 0) is 24.3 Å². The number of rotatable bonds is 3. The standard InChI is InChI=1S/C11H11ClN2O2/c12-8-1-2-11(16)9(7-8)10-3-4-14(13-10)5-6-15/h1-4,7,15-16H,5-6H2. The Balaban J connectivity index is 2.38. The van der Waals surface area contributed by atoms with Crippen molar-refractivity contribution in [1.82, 2.24) is 9.78 Å². The zero-order chi connectivity index (χ0) is 11.5. The maximum absolute atomic E-state index is 9.67. The summed E-state index contributed by atoms with van der Waals surface area (Å²) in [7, 11) is 0. The minimum Gasteiger partial charge on any atom is -0.507 e. The SMILES string of the molecule is OCCn1ccc(-c2cc(Cl)ccc2O)n1. The number of phenols is 1. The summed E-state index contributed by atoms with van der Waals surface area (Å²) in [5.74, 6) is 0.138. The van der Waals surface area contributed by atoms with E-state index in [2.05, 4.69) is 5.10 Å². The van der Waals surface area contributed by atoms with Crippen molar-refractivity contribution in [2.24, 2.45) is 0 Å². The highest BCUT2D eigenvalue weighted by molar-refractivity contribution is 6.30. The topological polar surface area (TPSA) is 58.3 Å². The van der Waals surface area contributed by atoms with Crippen LogP contribution >= 0.6 is 11.6 Å². The van der Waals surface area contributed by atoms with Crippen LogP contribution in [0.25, 0.3) is 11.3 Å². The fourth-order valence-corrected chi connectivity index (χ4v) is 1.62. The van der Waals surface area contributed by atoms with E-state index in [1.54, 1.807) is 29.1 Å². The lowest BCUT2D eigenvalue weighted by Gasteiger charge is -2.01. The Labute approximate surface area is 97.7 Å². The van der Waals surface area contributed by atoms with Gasteiger partial charge >= 0.3 is 0 Å². The highest BCUT2D eigenvalue weighted by atomic mass is 35.5. The lowest BCUT2D eigenvalue weighted by Crippen LogP contribution is -2.02. The van der Waals surface area contributed by atoms with E-state index in [1.165, 1.54) is 6.07 Å². The molecule has 2 aromatic rings. The van der Waals surface area contributed by atoms with Gasteiger partial charge < -0.3 is 10.2 Å². The van der Waals surface area contributed by atoms with Crippen LogP contribution in [0.15, 0.2) is 30.5 Å². The highest BCUT2D eigenvalue weighted by Gasteiger charge is 2.08. The highest BCUT2D eigenvalue weighted by Crippen LogP contribution is 2.30. The molecule has 0 fully saturated rings. The van der Waals surface area contributed by atoms with Crippen LogP contribution in [0.5, 0.6) is 5.75 Å². The Kier molecular flexibility index (Phi) is 3.12. The van der Waals surface area contributed by atoms with Crippen LogP contribution in [-0.4, -0.2) is 26.6 Å². The van der Waals surface area contributed by atoms with E-state index >= 15 is 0 Å². The van der Waals surface area contributed by atoms with Gasteiger partial charge in [-0.3, -0.25) is 4.68 Å². The van der Waals surface area contributed by atoms with Crippen molar-refractivity contribution in [3.8, 4) is 17.0 Å². The molecule has 2 N–H and O–H groups in total. The first-order chi connectivity index (χ1) is 7.70. The van der Waals surface area contributed by atoms with Crippen LogP contribution < -0.4 is 0 Å². The number of halogens is 1. The average Bonchev–Trinajstić information content (AvgIpc) is 2.71. The van der Waals surface area contributed by atoms with Gasteiger partial charge in [-0.15, -0.1) is 0 Å². The van der Waals surface area contributed by atoms with Crippen molar-refractivity contribution >= 4 is 11.6 Å². The van der Waals surface area contributed by atoms with E-state index in [0.717, 1.165) is 0 Å². The molecule has 4 nitrogen and oxygen atoms in total. The summed E-state index contributed by atoms with van der Waals surface area (Å²) in [6, 6.07) is 6.57. The molecule has 0 amide bonds. The molecular formula is C11H11ClN2O2. The summed E-state index contributed by atoms with van der Waals surface area (Å²) >= 11 is 5.85. The second kappa shape index (κ2) is 4.55. The molecule has 0 saturated carbocycles. The van der Waals surface area contributed by atoms with Crippen molar-refractivity contribution in [3.05, 3.63) is 35.5 Å². The van der Waals surface area contributed by atoms with Crippen molar-refractivity contribution in [2.45, 2.75) is 6.54 Å². The zero-order valence-corrected chi connectivity index (χ0v) is 9.22. The first-order valence-corrected chi connectivity index (χ1v) is 5.21. The minimum atomic E-state index is 0.0304. The second-order valence-electron chi connectivity index (χ2n) is 3.35. The van der Waals surface area contributed by atoms with Gasteiger partial charge in [-0.2, -0.15) is 5.10 Å². The van der Waals surface area contributed by atoms with Crippen LogP contribution in [0.1, 0.15) is 0 Å². The molecule has 1 aromatic heterocycles. The molecule has 1 aromatic carbocycles. The normalized spacial score (nSPS) is 10.6. The summed E-state index contributed by atoms with van der Waals surface area (Å²) < 4.78 is 1.61. The van der Waals surface area contributed by atoms with Gasteiger partial charge in [0.05, 0.1) is 18.8 Å². The number of aliphatic hydroxyl groups is 1. The fraction of sp³-hybridized carbons (Fsp3) is 0.182. The number of nitrogens with zero attached hydrogens (tertiary/aromatic N) is 2. The van der Waals surface area contributed by atoms with E-state index in [1.807, 2.05) is 0 Å². The smallest absolute Gasteiger partial charge is 0.125 e. The minimum absolute atomic E-state index is 0.0304. The van der Waals surface area contributed by atoms with Gasteiger partial charge in [0.1, 0.15) is 5.75 Å². The largest absolute Gasteiger partial charge is 0.507 e. The molecule has 0 aliphatic heterocycles. The van der Waals surface area contributed by atoms with Crippen molar-refractivity contribution in [1.29, 1.82) is 0 Å². The summed E-state index contributed by atoms with van der Waals surface area (Å²) in [4.78, 5) is 0. The van der Waals surface area contributed by atoms with Gasteiger partial charge in [0, 0.05) is 16.8 Å². The summed E-state index contributed by atoms with van der Waals surface area (Å²) in [6.45, 7) is 0.462. The molecule has 0 unspecified atom stereocenters. The van der Waals surface area contributed by atoms with E-state index in [9.17, 15) is 5.11 Å². The Morgan fingerprint density at radius 3 is 2.88 bits per heavy atom. The lowest BCUT2D eigenvalue weighted by atomic mass is 10.1. The molecule has 0 aliphatic rings. The molecule has 0 aliphatic carbocycles. The number of aliphatic hydroxyl groups excluding tert-OH is 1. The van der Waals surface area contributed by atoms with E-state index in [-0.39, 0.29) is 12.4 Å². The summed E-state index contributed by atoms with van der Waals surface area (Å²) in [5.41, 5.74) is 1.22. The van der Waals surface area contributed by atoms with Crippen molar-refractivity contribution < 1.29 is 10.2 Å². The number of aromatic hydroxyl groups is 1. The fourth-order valence-electron chi connectivity index (χ4n) is 1.45. The number of benzene rings is 1. The van der Waals surface area contributed by atoms with Crippen LogP contribution in [0, 0.1) is 0 Å². The Morgan fingerprint density at radius 1 is 1.31 bits per heavy atom. The van der Waals surface area contributed by atoms with Crippen LogP contribution in [-0.2, 0) is 6.54 Å². The Bertz CT molecular complexity index is 496. The molecule has 0 spiro atoms. The third-order valence-corrected chi connectivity index (χ3v) is 2.44. The van der Waals surface area contributed by atoms with Gasteiger partial charge in [0.25, 0.3) is 0 Å². The second-order valence-corrected chi connectivity index (χ2v) is 3.79. The summed E-state index contributed by atoms with van der Waals surface area (Å²) in [6.07, 6.45) is 1.74. The monoisotopic (exact) mass is 238 g/mol. The zero-order valence-electron chi connectivity index (χ0n) is 8.47. The summed E-state index contributed by atoms with van der Waals surface area (Å²) in [5, 5.41) is 23.2. The maximum Gasteiger partial charge on any atom is 0.125 e. The number of phenolic OH excluding ortho intramolecular Hbond substituents is 1. The predicted molar refractivity (Wildman–Crippen MR) is 61.4 cm³/mol. The van der Waals surface area contributed by atoms with E-state index < -0.39 is 0 Å². The molecule has 0 radical (unpaired) electrons. The lowest BCUT2D eigenvalue weighted by molar-refractivity contribution is 0.269. The molecule has 2 rings (SSSR count). The molecule has 16 heavy (non-hydrogen) atoms. The van der Waals surface area contributed by atoms with Crippen molar-refractivity contribution in [3.63, 3.8) is 0 Å². The van der Waals surface area contributed by atoms with Gasteiger partial charge in [-0.1, -0.05) is 11.6 Å². The third kappa shape index (κ3) is 2.18. The molecule has 84 valence electrons. The molecule has 5 heteroatoms. The number of aromatic nitrogens is 2. The van der Waals surface area contributed by atoms with Crippen molar-refractivity contribution in [2.75, 3.05) is 6.61 Å². The molecular weight excluding hydrogens is 228 g/mol. The number of hydrogen-bond donors (Lipinski definition) is 2. The third-order valence-electron chi connectivity index (χ3n) is 2.20. The quantitative estimate of drug-likeness (QED) is 0.859. The molecule has 1 heterocycles. The molecule has 0 atom stereocenters. The Morgan fingerprint density at radius 2 is 2.12 bits per heavy atom. The van der Waals surface area contributed by atoms with Gasteiger partial charge in [0.15, 0.2) is 0 Å². The first kappa shape index (κ1) is 11.0. The van der Waals surface area contributed by atoms with Crippen LogP contribution in [0.2, 0.25) is 5.02 Å². The van der Waals surface area contributed by atoms with Gasteiger partial charge in [0.2, 0.25) is 0 Å². The average molecular weight is 239 g/mol. The van der Waals surface area contributed by atoms with E-state index in [4.69, 9.17) is 16.7 Å². The van der Waals surface area contributed by atoms with E-state index in [0.29, 0.717) is 22.8 Å². The first-order valence-electron chi connectivity index (χ1n) is 4.84. The van der Waals surface area contributed by atoms with Crippen LogP contribution in [0.3, 0.4) is 0 Å².